The van der Waals surface area contributed by atoms with Crippen LogP contribution in [0, 0.1) is 5.92 Å². The fourth-order valence-corrected chi connectivity index (χ4v) is 2.28. The molecule has 1 aliphatic heterocycles. The summed E-state index contributed by atoms with van der Waals surface area (Å²) in [4.78, 5) is 21.4. The zero-order chi connectivity index (χ0) is 14.0. The van der Waals surface area contributed by atoms with Gasteiger partial charge in [-0.1, -0.05) is 6.92 Å². The van der Waals surface area contributed by atoms with Gasteiger partial charge in [0.1, 0.15) is 6.04 Å². The summed E-state index contributed by atoms with van der Waals surface area (Å²) in [6, 6.07) is 0.940. The van der Waals surface area contributed by atoms with Crippen LogP contribution in [0.5, 0.6) is 11.8 Å². The fraction of sp³-hybridized carbons (Fsp3) is 0.583. The Kier molecular flexibility index (Phi) is 3.73. The number of ether oxygens (including phenoxy) is 2. The summed E-state index contributed by atoms with van der Waals surface area (Å²) in [6.07, 6.45) is 0.792. The quantitative estimate of drug-likeness (QED) is 0.863. The van der Waals surface area contributed by atoms with E-state index in [1.807, 2.05) is 6.92 Å². The summed E-state index contributed by atoms with van der Waals surface area (Å²) in [5, 5.41) is 9.31. The smallest absolute Gasteiger partial charge is 0.326 e. The topological polar surface area (TPSA) is 84.8 Å². The van der Waals surface area contributed by atoms with Gasteiger partial charge >= 0.3 is 5.97 Å². The van der Waals surface area contributed by atoms with Crippen molar-refractivity contribution in [2.24, 2.45) is 5.92 Å². The van der Waals surface area contributed by atoms with Crippen molar-refractivity contribution in [2.75, 3.05) is 25.7 Å². The number of hydrogen-bond donors (Lipinski definition) is 1. The molecule has 1 aromatic heterocycles. The van der Waals surface area contributed by atoms with Crippen LogP contribution in [0.4, 0.5) is 5.95 Å². The molecule has 2 rings (SSSR count). The number of carboxylic acids is 1. The van der Waals surface area contributed by atoms with Crippen molar-refractivity contribution >= 4 is 11.9 Å². The second-order valence-electron chi connectivity index (χ2n) is 4.50. The van der Waals surface area contributed by atoms with Crippen LogP contribution in [0.15, 0.2) is 6.07 Å². The number of rotatable bonds is 4. The molecule has 0 spiro atoms. The van der Waals surface area contributed by atoms with Crippen LogP contribution in [-0.2, 0) is 4.79 Å². The minimum Gasteiger partial charge on any atom is -0.481 e. The molecule has 1 aliphatic rings. The Morgan fingerprint density at radius 2 is 1.95 bits per heavy atom. The number of carbonyl (C=O) groups is 1. The summed E-state index contributed by atoms with van der Waals surface area (Å²) >= 11 is 0. The maximum absolute atomic E-state index is 11.3. The molecule has 7 nitrogen and oxygen atoms in total. The number of aliphatic carboxylic acids is 1. The molecule has 2 heterocycles. The van der Waals surface area contributed by atoms with Gasteiger partial charge in [0.25, 0.3) is 0 Å². The lowest BCUT2D eigenvalue weighted by atomic mass is 10.0. The Morgan fingerprint density at radius 1 is 1.37 bits per heavy atom. The molecule has 2 atom stereocenters. The first kappa shape index (κ1) is 13.4. The molecule has 0 bridgehead atoms. The Bertz CT molecular complexity index is 458. The Labute approximate surface area is 111 Å². The SMILES string of the molecule is COc1cc(OC)nc(N2CCC(C)C2C(=O)O)n1. The van der Waals surface area contributed by atoms with Gasteiger partial charge in [-0.2, -0.15) is 9.97 Å². The molecule has 1 saturated heterocycles. The lowest BCUT2D eigenvalue weighted by Gasteiger charge is -2.23. The summed E-state index contributed by atoms with van der Waals surface area (Å²) < 4.78 is 10.1. The van der Waals surface area contributed by atoms with E-state index in [9.17, 15) is 9.90 Å². The molecule has 0 aromatic carbocycles. The van der Waals surface area contributed by atoms with E-state index >= 15 is 0 Å². The highest BCUT2D eigenvalue weighted by Crippen LogP contribution is 2.30. The van der Waals surface area contributed by atoms with Gasteiger partial charge in [-0.3, -0.25) is 0 Å². The van der Waals surface area contributed by atoms with Gasteiger partial charge in [-0.15, -0.1) is 0 Å². The molecule has 19 heavy (non-hydrogen) atoms. The van der Waals surface area contributed by atoms with Gasteiger partial charge < -0.3 is 19.5 Å². The fourth-order valence-electron chi connectivity index (χ4n) is 2.28. The summed E-state index contributed by atoms with van der Waals surface area (Å²) in [5.41, 5.74) is 0. The number of anilines is 1. The molecule has 0 radical (unpaired) electrons. The molecule has 2 unspecified atom stereocenters. The first-order valence-corrected chi connectivity index (χ1v) is 6.03. The predicted octanol–water partition coefficient (Wildman–Crippen LogP) is 0.793. The standard InChI is InChI=1S/C12H17N3O4/c1-7-4-5-15(10(7)11(16)17)12-13-8(18-2)6-9(14-12)19-3/h6-7,10H,4-5H2,1-3H3,(H,16,17). The van der Waals surface area contributed by atoms with Crippen molar-refractivity contribution < 1.29 is 19.4 Å². The van der Waals surface area contributed by atoms with E-state index in [2.05, 4.69) is 9.97 Å². The third-order valence-electron chi connectivity index (χ3n) is 3.30. The van der Waals surface area contributed by atoms with E-state index in [1.165, 1.54) is 14.2 Å². The number of nitrogens with zero attached hydrogens (tertiary/aromatic N) is 3. The average molecular weight is 267 g/mol. The highest BCUT2D eigenvalue weighted by Gasteiger charge is 2.38. The molecular weight excluding hydrogens is 250 g/mol. The van der Waals surface area contributed by atoms with Crippen LogP contribution in [-0.4, -0.2) is 47.8 Å². The van der Waals surface area contributed by atoms with Gasteiger partial charge in [-0.05, 0) is 12.3 Å². The van der Waals surface area contributed by atoms with Crippen LogP contribution >= 0.6 is 0 Å². The summed E-state index contributed by atoms with van der Waals surface area (Å²) in [6.45, 7) is 2.52. The van der Waals surface area contributed by atoms with E-state index < -0.39 is 12.0 Å². The normalized spacial score (nSPS) is 22.4. The molecule has 0 amide bonds. The summed E-state index contributed by atoms with van der Waals surface area (Å²) in [5.74, 6) is 0.220. The molecule has 1 fully saturated rings. The first-order valence-electron chi connectivity index (χ1n) is 6.03. The van der Waals surface area contributed by atoms with E-state index in [4.69, 9.17) is 9.47 Å². The zero-order valence-corrected chi connectivity index (χ0v) is 11.2. The molecule has 0 saturated carbocycles. The van der Waals surface area contributed by atoms with Crippen molar-refractivity contribution in [3.8, 4) is 11.8 Å². The summed E-state index contributed by atoms with van der Waals surface area (Å²) in [7, 11) is 2.99. The van der Waals surface area contributed by atoms with Crippen molar-refractivity contribution in [3.05, 3.63) is 6.07 Å². The Hall–Kier alpha value is -2.05. The molecule has 1 aromatic rings. The van der Waals surface area contributed by atoms with Gasteiger partial charge in [0.05, 0.1) is 20.3 Å². The number of aromatic nitrogens is 2. The van der Waals surface area contributed by atoms with Gasteiger partial charge in [0.2, 0.25) is 17.7 Å². The zero-order valence-electron chi connectivity index (χ0n) is 11.2. The van der Waals surface area contributed by atoms with Gasteiger partial charge in [0.15, 0.2) is 0 Å². The maximum atomic E-state index is 11.3. The highest BCUT2D eigenvalue weighted by molar-refractivity contribution is 5.78. The second kappa shape index (κ2) is 5.29. The number of hydrogen-bond acceptors (Lipinski definition) is 6. The number of methoxy groups -OCH3 is 2. The third kappa shape index (κ3) is 2.54. The van der Waals surface area contributed by atoms with Crippen molar-refractivity contribution in [2.45, 2.75) is 19.4 Å². The minimum atomic E-state index is -0.865. The van der Waals surface area contributed by atoms with E-state index in [0.717, 1.165) is 6.42 Å². The van der Waals surface area contributed by atoms with Crippen LogP contribution < -0.4 is 14.4 Å². The third-order valence-corrected chi connectivity index (χ3v) is 3.30. The van der Waals surface area contributed by atoms with Crippen LogP contribution in [0.2, 0.25) is 0 Å². The highest BCUT2D eigenvalue weighted by atomic mass is 16.5. The maximum Gasteiger partial charge on any atom is 0.326 e. The molecule has 0 aliphatic carbocycles. The first-order chi connectivity index (χ1) is 9.06. The van der Waals surface area contributed by atoms with Crippen LogP contribution in [0.3, 0.4) is 0 Å². The van der Waals surface area contributed by atoms with Crippen molar-refractivity contribution in [1.82, 2.24) is 9.97 Å². The van der Waals surface area contributed by atoms with E-state index in [1.54, 1.807) is 11.0 Å². The average Bonchev–Trinajstić information content (AvgIpc) is 2.80. The number of carboxylic acid groups (broad SMARTS) is 1. The lowest BCUT2D eigenvalue weighted by Crippen LogP contribution is -2.40. The van der Waals surface area contributed by atoms with Crippen molar-refractivity contribution in [3.63, 3.8) is 0 Å². The van der Waals surface area contributed by atoms with Crippen LogP contribution in [0.25, 0.3) is 0 Å². The largest absolute Gasteiger partial charge is 0.481 e. The molecule has 1 N–H and O–H groups in total. The second-order valence-corrected chi connectivity index (χ2v) is 4.50. The van der Waals surface area contributed by atoms with Crippen molar-refractivity contribution in [1.29, 1.82) is 0 Å². The Morgan fingerprint density at radius 3 is 2.42 bits per heavy atom. The molecule has 104 valence electrons. The predicted molar refractivity (Wildman–Crippen MR) is 67.7 cm³/mol. The van der Waals surface area contributed by atoms with Gasteiger partial charge in [0, 0.05) is 6.54 Å². The van der Waals surface area contributed by atoms with Gasteiger partial charge in [-0.25, -0.2) is 4.79 Å². The van der Waals surface area contributed by atoms with E-state index in [-0.39, 0.29) is 5.92 Å². The minimum absolute atomic E-state index is 0.0540. The van der Waals surface area contributed by atoms with Crippen LogP contribution in [0.1, 0.15) is 13.3 Å². The molecule has 7 heteroatoms. The van der Waals surface area contributed by atoms with E-state index in [0.29, 0.717) is 24.3 Å². The lowest BCUT2D eigenvalue weighted by molar-refractivity contribution is -0.139. The Balaban J connectivity index is 2.37. The monoisotopic (exact) mass is 267 g/mol. The molecular formula is C12H17N3O4.